The summed E-state index contributed by atoms with van der Waals surface area (Å²) in [5.74, 6) is 6.16. The van der Waals surface area contributed by atoms with Crippen molar-refractivity contribution in [2.24, 2.45) is 0 Å². The number of hydrogen-bond acceptors (Lipinski definition) is 2. The number of hydrogen-bond donors (Lipinski definition) is 0. The summed E-state index contributed by atoms with van der Waals surface area (Å²) in [6.45, 7) is 8.04. The molecule has 2 nitrogen and oxygen atoms in total. The highest BCUT2D eigenvalue weighted by Crippen LogP contribution is 2.21. The first kappa shape index (κ1) is 17.5. The highest BCUT2D eigenvalue weighted by Gasteiger charge is 2.24. The molecule has 0 heterocycles. The van der Waals surface area contributed by atoms with Crippen molar-refractivity contribution >= 4 is 0 Å². The molecule has 0 aliphatic heterocycles. The first-order valence-corrected chi connectivity index (χ1v) is 6.75. The molecule has 0 aromatic rings. The van der Waals surface area contributed by atoms with Crippen LogP contribution in [0.1, 0.15) is 66.2 Å². The molecule has 0 aromatic heterocycles. The van der Waals surface area contributed by atoms with Crippen LogP contribution in [-0.2, 0) is 9.47 Å². The van der Waals surface area contributed by atoms with Gasteiger partial charge in [-0.3, -0.25) is 0 Å². The number of unbranched alkanes of at least 4 members (excludes halogenated alkanes) is 2. The van der Waals surface area contributed by atoms with Crippen molar-refractivity contribution in [2.45, 2.75) is 77.4 Å². The molecule has 0 saturated carbocycles. The quantitative estimate of drug-likeness (QED) is 0.599. The van der Waals surface area contributed by atoms with Gasteiger partial charge in [0, 0.05) is 0 Å². The van der Waals surface area contributed by atoms with E-state index >= 15 is 0 Å². The maximum absolute atomic E-state index is 5.34. The standard InChI is InChI=1S/C16H26O2/c1-7-9-11-15(3,17-5)13-14-16(4,18-6)12-10-8-2/h5-6H,7-12H2,1-4H3. The topological polar surface area (TPSA) is 18.5 Å². The minimum Gasteiger partial charge on any atom is -0.354 e. The molecule has 2 heteroatoms. The first-order valence-electron chi connectivity index (χ1n) is 6.75. The first-order chi connectivity index (χ1) is 8.45. The summed E-state index contributed by atoms with van der Waals surface area (Å²) in [6, 6.07) is 0. The monoisotopic (exact) mass is 250 g/mol. The molecule has 18 heavy (non-hydrogen) atoms. The average Bonchev–Trinajstić information content (AvgIpc) is 2.40. The Morgan fingerprint density at radius 1 is 0.833 bits per heavy atom. The van der Waals surface area contributed by atoms with Crippen LogP contribution in [0.15, 0.2) is 0 Å². The summed E-state index contributed by atoms with van der Waals surface area (Å²) in [5.41, 5.74) is -1.25. The van der Waals surface area contributed by atoms with Crippen molar-refractivity contribution < 1.29 is 9.47 Å². The SMILES string of the molecule is [CH]OC(C)(C#CC(C)(CCCC)O[CH])CCCC. The van der Waals surface area contributed by atoms with Crippen molar-refractivity contribution in [3.63, 3.8) is 0 Å². The fourth-order valence-electron chi connectivity index (χ4n) is 1.59. The number of ether oxygens (including phenoxy) is 2. The Bertz CT molecular complexity index is 251. The largest absolute Gasteiger partial charge is 0.354 e. The summed E-state index contributed by atoms with van der Waals surface area (Å²) in [7, 11) is 10.7. The van der Waals surface area contributed by atoms with E-state index in [9.17, 15) is 0 Å². The summed E-state index contributed by atoms with van der Waals surface area (Å²) in [6.07, 6.45) is 5.83. The van der Waals surface area contributed by atoms with Gasteiger partial charge in [0.2, 0.25) is 0 Å². The predicted molar refractivity (Wildman–Crippen MR) is 74.4 cm³/mol. The molecule has 0 rings (SSSR count). The summed E-state index contributed by atoms with van der Waals surface area (Å²) >= 11 is 0. The van der Waals surface area contributed by atoms with Crippen LogP contribution in [0.2, 0.25) is 0 Å². The van der Waals surface area contributed by atoms with Crippen LogP contribution >= 0.6 is 0 Å². The van der Waals surface area contributed by atoms with E-state index in [0.29, 0.717) is 0 Å². The van der Waals surface area contributed by atoms with Gasteiger partial charge in [0.15, 0.2) is 0 Å². The Morgan fingerprint density at radius 2 is 1.17 bits per heavy atom. The second-order valence-corrected chi connectivity index (χ2v) is 5.15. The molecule has 0 aromatic carbocycles. The van der Waals surface area contributed by atoms with Crippen LogP contribution in [-0.4, -0.2) is 11.2 Å². The van der Waals surface area contributed by atoms with Crippen LogP contribution in [0.25, 0.3) is 0 Å². The van der Waals surface area contributed by atoms with Gasteiger partial charge < -0.3 is 9.47 Å². The Hall–Kier alpha value is -0.520. The zero-order valence-corrected chi connectivity index (χ0v) is 12.2. The van der Waals surface area contributed by atoms with Gasteiger partial charge in [0.25, 0.3) is 0 Å². The molecule has 0 aliphatic carbocycles. The molecule has 0 bridgehead atoms. The molecule has 0 spiro atoms. The molecule has 0 N–H and O–H groups in total. The van der Waals surface area contributed by atoms with E-state index in [1.165, 1.54) is 0 Å². The minimum absolute atomic E-state index is 0.623. The molecule has 0 fully saturated rings. The molecular formula is C16H26O2. The van der Waals surface area contributed by atoms with Crippen LogP contribution in [0.5, 0.6) is 0 Å². The minimum atomic E-state index is -0.623. The van der Waals surface area contributed by atoms with E-state index in [0.717, 1.165) is 38.5 Å². The van der Waals surface area contributed by atoms with E-state index in [-0.39, 0.29) is 0 Å². The lowest BCUT2D eigenvalue weighted by Gasteiger charge is -2.25. The van der Waals surface area contributed by atoms with Gasteiger partial charge in [-0.15, -0.1) is 0 Å². The van der Waals surface area contributed by atoms with E-state index < -0.39 is 11.2 Å². The van der Waals surface area contributed by atoms with Gasteiger partial charge in [-0.2, -0.15) is 0 Å². The molecule has 0 amide bonds. The fourth-order valence-corrected chi connectivity index (χ4v) is 1.59. The summed E-state index contributed by atoms with van der Waals surface area (Å²) < 4.78 is 10.0. The van der Waals surface area contributed by atoms with E-state index in [1.54, 1.807) is 0 Å². The summed E-state index contributed by atoms with van der Waals surface area (Å²) in [4.78, 5) is 0. The summed E-state index contributed by atoms with van der Waals surface area (Å²) in [5, 5.41) is 0. The van der Waals surface area contributed by atoms with Crippen molar-refractivity contribution in [3.8, 4) is 11.8 Å². The third kappa shape index (κ3) is 6.42. The van der Waals surface area contributed by atoms with Crippen molar-refractivity contribution in [2.75, 3.05) is 0 Å². The van der Waals surface area contributed by atoms with E-state index in [1.807, 2.05) is 13.8 Å². The third-order valence-electron chi connectivity index (χ3n) is 3.13. The van der Waals surface area contributed by atoms with Gasteiger partial charge in [0.1, 0.15) is 25.4 Å². The number of rotatable bonds is 8. The van der Waals surface area contributed by atoms with Crippen LogP contribution in [0.3, 0.4) is 0 Å². The van der Waals surface area contributed by atoms with E-state index in [4.69, 9.17) is 23.7 Å². The Labute approximate surface area is 113 Å². The van der Waals surface area contributed by atoms with Crippen LogP contribution in [0.4, 0.5) is 0 Å². The second-order valence-electron chi connectivity index (χ2n) is 5.15. The normalized spacial score (nSPS) is 17.4. The van der Waals surface area contributed by atoms with Gasteiger partial charge in [-0.25, -0.2) is 0 Å². The highest BCUT2D eigenvalue weighted by atomic mass is 16.5. The second kappa shape index (κ2) is 8.56. The van der Waals surface area contributed by atoms with Crippen LogP contribution < -0.4 is 0 Å². The Balaban J connectivity index is 4.73. The maximum atomic E-state index is 5.34. The Kier molecular flexibility index (Phi) is 8.31. The van der Waals surface area contributed by atoms with Gasteiger partial charge in [-0.1, -0.05) is 38.5 Å². The molecule has 0 aliphatic rings. The van der Waals surface area contributed by atoms with Crippen molar-refractivity contribution in [1.29, 1.82) is 0 Å². The maximum Gasteiger partial charge on any atom is 0.126 e. The molecule has 4 radical (unpaired) electrons. The molecular weight excluding hydrogens is 224 g/mol. The van der Waals surface area contributed by atoms with Gasteiger partial charge in [-0.05, 0) is 39.5 Å². The predicted octanol–water partition coefficient (Wildman–Crippen LogP) is 4.26. The molecule has 2 unspecified atom stereocenters. The third-order valence-corrected chi connectivity index (χ3v) is 3.13. The van der Waals surface area contributed by atoms with Crippen LogP contribution in [0, 0.1) is 26.1 Å². The average molecular weight is 250 g/mol. The smallest absolute Gasteiger partial charge is 0.126 e. The van der Waals surface area contributed by atoms with E-state index in [2.05, 4.69) is 25.7 Å². The van der Waals surface area contributed by atoms with Gasteiger partial charge >= 0.3 is 0 Å². The molecule has 102 valence electrons. The lowest BCUT2D eigenvalue weighted by atomic mass is 9.95. The fraction of sp³-hybridized carbons (Fsp3) is 0.750. The highest BCUT2D eigenvalue weighted by molar-refractivity contribution is 5.20. The van der Waals surface area contributed by atoms with Gasteiger partial charge in [0.05, 0.1) is 0 Å². The molecule has 2 atom stereocenters. The lowest BCUT2D eigenvalue weighted by molar-refractivity contribution is 0.0685. The van der Waals surface area contributed by atoms with Crippen molar-refractivity contribution in [3.05, 3.63) is 14.2 Å². The lowest BCUT2D eigenvalue weighted by Crippen LogP contribution is -2.28. The molecule has 0 saturated heterocycles. The zero-order chi connectivity index (χ0) is 14.1. The van der Waals surface area contributed by atoms with Crippen molar-refractivity contribution in [1.82, 2.24) is 0 Å². The zero-order valence-electron chi connectivity index (χ0n) is 12.2. The Morgan fingerprint density at radius 3 is 1.39 bits per heavy atom.